The number of benzene rings is 1. The monoisotopic (exact) mass is 440 g/mol. The van der Waals surface area contributed by atoms with Crippen LogP contribution in [-0.2, 0) is 24.2 Å². The molecule has 0 saturated heterocycles. The normalized spacial score (nSPS) is 11.9. The smallest absolute Gasteiger partial charge is 0.0809 e. The van der Waals surface area contributed by atoms with Gasteiger partial charge in [-0.05, 0) is 5.41 Å². The van der Waals surface area contributed by atoms with Crippen LogP contribution in [0.1, 0.15) is 41.0 Å². The van der Waals surface area contributed by atoms with Crippen molar-refractivity contribution in [1.82, 2.24) is 0 Å². The molecule has 0 aromatic heterocycles. The van der Waals surface area contributed by atoms with Gasteiger partial charge in [0.15, 0.2) is 0 Å². The Bertz CT molecular complexity index is 624. The predicted octanol–water partition coefficient (Wildman–Crippen LogP) is 6.87. The second-order valence-corrected chi connectivity index (χ2v) is 9.10. The third kappa shape index (κ3) is 10.5. The second-order valence-electron chi connectivity index (χ2n) is 6.64. The molecule has 0 atom stereocenters. The van der Waals surface area contributed by atoms with E-state index in [1.54, 1.807) is 24.2 Å². The first-order valence-electron chi connectivity index (χ1n) is 7.69. The quantitative estimate of drug-likeness (QED) is 0.391. The van der Waals surface area contributed by atoms with Gasteiger partial charge >= 0.3 is 41.3 Å². The second kappa shape index (κ2) is 12.9. The third-order valence-corrected chi connectivity index (χ3v) is 3.21. The first-order valence-corrected chi connectivity index (χ1v) is 8.92. The molecule has 2 aromatic carbocycles. The van der Waals surface area contributed by atoms with E-state index in [-0.39, 0.29) is 24.8 Å². The van der Waals surface area contributed by atoms with E-state index >= 15 is 0 Å². The number of hydrogen-bond donors (Lipinski definition) is 0. The van der Waals surface area contributed by atoms with Crippen molar-refractivity contribution in [3.05, 3.63) is 66.3 Å². The minimum Gasteiger partial charge on any atom is -0.168 e. The standard InChI is InChI=1S/C9H7.C9H13.C3H6.2ClH.Zr/c1-2-5-9-7-3-6-8(9)4-1;1-9(2,3)8-6-4-5-7-8;1-3-2;;;/h1-7H;4,6H,7H2,1-3H3;1-2H3;2*1H;/q2*-1;;;;+2. The van der Waals surface area contributed by atoms with Gasteiger partial charge in [-0.3, -0.25) is 6.08 Å². The van der Waals surface area contributed by atoms with Crippen molar-refractivity contribution in [2.24, 2.45) is 5.41 Å². The average molecular weight is 443 g/mol. The molecule has 1 aliphatic rings. The average Bonchev–Trinajstić information content (AvgIpc) is 3.10. The third-order valence-electron chi connectivity index (χ3n) is 3.21. The Labute approximate surface area is 174 Å². The van der Waals surface area contributed by atoms with Crippen LogP contribution in [-0.4, -0.2) is 3.21 Å². The van der Waals surface area contributed by atoms with Crippen molar-refractivity contribution in [2.75, 3.05) is 0 Å². The van der Waals surface area contributed by atoms with Gasteiger partial charge in [-0.15, -0.1) is 60.9 Å². The molecule has 130 valence electrons. The van der Waals surface area contributed by atoms with Gasteiger partial charge in [-0.1, -0.05) is 26.8 Å². The fraction of sp³-hybridized carbons (Fsp3) is 0.333. The molecule has 1 aliphatic carbocycles. The Morgan fingerprint density at radius 1 is 1.08 bits per heavy atom. The van der Waals surface area contributed by atoms with E-state index in [1.165, 1.54) is 19.6 Å². The molecular formula is C21H28Cl2Zr. The maximum absolute atomic E-state index is 3.16. The van der Waals surface area contributed by atoms with Crippen LogP contribution in [0.15, 0.2) is 60.2 Å². The van der Waals surface area contributed by atoms with Crippen LogP contribution < -0.4 is 0 Å². The fourth-order valence-electron chi connectivity index (χ4n) is 1.97. The zero-order valence-electron chi connectivity index (χ0n) is 15.2. The molecule has 0 spiro atoms. The van der Waals surface area contributed by atoms with Crippen LogP contribution in [0.2, 0.25) is 0 Å². The maximum atomic E-state index is 3.16. The molecule has 0 N–H and O–H groups in total. The molecule has 2 aromatic rings. The maximum Gasteiger partial charge on any atom is -0.0809 e. The number of rotatable bonds is 0. The van der Waals surface area contributed by atoms with Crippen molar-refractivity contribution in [1.29, 1.82) is 0 Å². The molecule has 0 bridgehead atoms. The summed E-state index contributed by atoms with van der Waals surface area (Å²) in [5, 5.41) is 2.66. The summed E-state index contributed by atoms with van der Waals surface area (Å²) >= 11 is 1.55. The Morgan fingerprint density at radius 3 is 2.08 bits per heavy atom. The molecule has 0 fully saturated rings. The van der Waals surface area contributed by atoms with Gasteiger partial charge in [0.05, 0.1) is 0 Å². The van der Waals surface area contributed by atoms with Gasteiger partial charge in [0.25, 0.3) is 0 Å². The van der Waals surface area contributed by atoms with E-state index in [4.69, 9.17) is 0 Å². The van der Waals surface area contributed by atoms with Crippen molar-refractivity contribution in [3.8, 4) is 0 Å². The van der Waals surface area contributed by atoms with E-state index in [1.807, 2.05) is 6.08 Å². The van der Waals surface area contributed by atoms with Crippen LogP contribution in [0, 0.1) is 11.5 Å². The SMILES string of the molecule is CC(C)(C)C1=CC=[C-]C1.C[C](C)=[Zr+2].Cl.Cl.c1ccc2[cH-]ccc2c1. The Morgan fingerprint density at radius 2 is 1.67 bits per heavy atom. The summed E-state index contributed by atoms with van der Waals surface area (Å²) in [6, 6.07) is 14.7. The molecule has 0 radical (unpaired) electrons. The van der Waals surface area contributed by atoms with E-state index in [2.05, 4.69) is 89.2 Å². The Kier molecular flexibility index (Phi) is 13.9. The van der Waals surface area contributed by atoms with Gasteiger partial charge in [-0.25, -0.2) is 12.2 Å². The summed E-state index contributed by atoms with van der Waals surface area (Å²) in [7, 11) is 0. The summed E-state index contributed by atoms with van der Waals surface area (Å²) < 4.78 is 1.51. The Balaban J connectivity index is 0. The molecule has 3 rings (SSSR count). The van der Waals surface area contributed by atoms with E-state index in [9.17, 15) is 0 Å². The number of allylic oxidation sites excluding steroid dienone is 4. The summed E-state index contributed by atoms with van der Waals surface area (Å²) in [6.45, 7) is 11.0. The minimum absolute atomic E-state index is 0. The van der Waals surface area contributed by atoms with Gasteiger partial charge in [0, 0.05) is 0 Å². The van der Waals surface area contributed by atoms with E-state index in [0.29, 0.717) is 5.41 Å². The molecule has 0 nitrogen and oxygen atoms in total. The zero-order chi connectivity index (χ0) is 16.6. The largest absolute Gasteiger partial charge is 0.168 e. The number of hydrogen-bond acceptors (Lipinski definition) is 0. The summed E-state index contributed by atoms with van der Waals surface area (Å²) in [5.74, 6) is 0. The first kappa shape index (κ1) is 25.9. The molecule has 0 unspecified atom stereocenters. The summed E-state index contributed by atoms with van der Waals surface area (Å²) in [4.78, 5) is 0. The molecule has 0 aliphatic heterocycles. The van der Waals surface area contributed by atoms with Crippen molar-refractivity contribution >= 4 is 38.8 Å². The number of fused-ring (bicyclic) bond motifs is 1. The molecule has 0 amide bonds. The molecular weight excluding hydrogens is 414 g/mol. The summed E-state index contributed by atoms with van der Waals surface area (Å²) in [6.07, 6.45) is 8.37. The first-order chi connectivity index (χ1) is 10.3. The van der Waals surface area contributed by atoms with Gasteiger partial charge in [0.2, 0.25) is 0 Å². The number of halogens is 2. The predicted molar refractivity (Wildman–Crippen MR) is 110 cm³/mol. The summed E-state index contributed by atoms with van der Waals surface area (Å²) in [5.41, 5.74) is 1.84. The van der Waals surface area contributed by atoms with Crippen molar-refractivity contribution < 1.29 is 24.2 Å². The van der Waals surface area contributed by atoms with Gasteiger partial charge < -0.3 is 0 Å². The van der Waals surface area contributed by atoms with Crippen molar-refractivity contribution in [2.45, 2.75) is 41.0 Å². The minimum atomic E-state index is 0. The molecule has 24 heavy (non-hydrogen) atoms. The topological polar surface area (TPSA) is 0 Å². The molecule has 0 heterocycles. The Hall–Kier alpha value is -0.357. The van der Waals surface area contributed by atoms with Gasteiger partial charge in [0.1, 0.15) is 0 Å². The van der Waals surface area contributed by atoms with Crippen LogP contribution >= 0.6 is 24.8 Å². The van der Waals surface area contributed by atoms with Crippen LogP contribution in [0.4, 0.5) is 0 Å². The van der Waals surface area contributed by atoms with E-state index in [0.717, 1.165) is 6.42 Å². The van der Waals surface area contributed by atoms with Crippen molar-refractivity contribution in [3.63, 3.8) is 0 Å². The molecule has 3 heteroatoms. The molecule has 0 saturated carbocycles. The van der Waals surface area contributed by atoms with Gasteiger partial charge in [-0.2, -0.15) is 23.1 Å². The zero-order valence-corrected chi connectivity index (χ0v) is 19.3. The van der Waals surface area contributed by atoms with Crippen LogP contribution in [0.5, 0.6) is 0 Å². The van der Waals surface area contributed by atoms with E-state index < -0.39 is 0 Å². The van der Waals surface area contributed by atoms with Crippen LogP contribution in [0.3, 0.4) is 0 Å². The van der Waals surface area contributed by atoms with Crippen LogP contribution in [0.25, 0.3) is 10.8 Å². The fourth-order valence-corrected chi connectivity index (χ4v) is 1.97.